The minimum Gasteiger partial charge on any atom is -0.409 e. The minimum absolute atomic E-state index is 0.0149. The normalized spacial score (nSPS) is 17.1. The van der Waals surface area contributed by atoms with Crippen molar-refractivity contribution in [3.8, 4) is 0 Å². The molecule has 39 heavy (non-hydrogen) atoms. The van der Waals surface area contributed by atoms with Crippen molar-refractivity contribution in [3.63, 3.8) is 0 Å². The summed E-state index contributed by atoms with van der Waals surface area (Å²) >= 11 is 0. The number of aromatic nitrogens is 1. The van der Waals surface area contributed by atoms with E-state index in [0.29, 0.717) is 6.07 Å². The summed E-state index contributed by atoms with van der Waals surface area (Å²) in [4.78, 5) is 3.25. The smallest absolute Gasteiger partial charge is 0.409 e. The summed E-state index contributed by atoms with van der Waals surface area (Å²) in [5.74, 6) is -0.753. The number of amidine groups is 1. The van der Waals surface area contributed by atoms with Gasteiger partial charge in [0.2, 0.25) is 0 Å². The van der Waals surface area contributed by atoms with Gasteiger partial charge in [-0.3, -0.25) is 4.31 Å². The molecule has 8 nitrogen and oxygen atoms in total. The third kappa shape index (κ3) is 4.39. The fourth-order valence-electron chi connectivity index (χ4n) is 4.56. The lowest BCUT2D eigenvalue weighted by Crippen LogP contribution is -2.33. The second kappa shape index (κ2) is 8.76. The summed E-state index contributed by atoms with van der Waals surface area (Å²) in [7, 11) is -4.55. The van der Waals surface area contributed by atoms with Gasteiger partial charge in [-0.25, -0.2) is 13.4 Å². The Hall–Kier alpha value is -4.01. The van der Waals surface area contributed by atoms with Gasteiger partial charge in [-0.1, -0.05) is 29.4 Å². The molecule has 0 bridgehead atoms. The predicted octanol–water partition coefficient (Wildman–Crippen LogP) is 5.24. The zero-order valence-electron chi connectivity index (χ0n) is 19.7. The molecule has 15 heteroatoms. The number of alkyl halides is 6. The second-order valence-electron chi connectivity index (χ2n) is 9.13. The Morgan fingerprint density at radius 1 is 1.03 bits per heavy atom. The van der Waals surface area contributed by atoms with Gasteiger partial charge in [-0.2, -0.15) is 26.3 Å². The number of rotatable bonds is 4. The van der Waals surface area contributed by atoms with Crippen molar-refractivity contribution in [1.82, 2.24) is 4.98 Å². The molecule has 0 saturated heterocycles. The Bertz CT molecular complexity index is 1580. The van der Waals surface area contributed by atoms with Gasteiger partial charge in [0.15, 0.2) is 5.84 Å². The highest BCUT2D eigenvalue weighted by Gasteiger charge is 2.64. The fourth-order valence-corrected chi connectivity index (χ4v) is 6.04. The summed E-state index contributed by atoms with van der Waals surface area (Å²) in [6.45, 7) is -0.521. The van der Waals surface area contributed by atoms with Gasteiger partial charge in [-0.05, 0) is 48.7 Å². The molecule has 0 radical (unpaired) electrons. The number of hydrogen-bond acceptors (Lipinski definition) is 6. The van der Waals surface area contributed by atoms with Gasteiger partial charge in [0, 0.05) is 11.1 Å². The Morgan fingerprint density at radius 3 is 2.26 bits per heavy atom. The van der Waals surface area contributed by atoms with Crippen LogP contribution >= 0.6 is 0 Å². The molecule has 1 aliphatic carbocycles. The van der Waals surface area contributed by atoms with E-state index in [4.69, 9.17) is 5.73 Å². The van der Waals surface area contributed by atoms with Crippen LogP contribution in [-0.4, -0.2) is 30.6 Å². The first-order valence-electron chi connectivity index (χ1n) is 11.3. The maximum absolute atomic E-state index is 13.9. The molecule has 0 atom stereocenters. The highest BCUT2D eigenvalue weighted by molar-refractivity contribution is 7.92. The lowest BCUT2D eigenvalue weighted by atomic mass is 9.95. The largest absolute Gasteiger partial charge is 0.433 e. The number of sulfonamides is 1. The average molecular weight is 572 g/mol. The molecule has 206 valence electrons. The van der Waals surface area contributed by atoms with E-state index in [0.717, 1.165) is 34.6 Å². The predicted molar refractivity (Wildman–Crippen MR) is 128 cm³/mol. The highest BCUT2D eigenvalue weighted by Crippen LogP contribution is 2.59. The second-order valence-corrected chi connectivity index (χ2v) is 11.0. The van der Waals surface area contributed by atoms with E-state index in [1.807, 2.05) is 0 Å². The van der Waals surface area contributed by atoms with Crippen LogP contribution in [0.2, 0.25) is 0 Å². The van der Waals surface area contributed by atoms with Gasteiger partial charge in [0.1, 0.15) is 11.5 Å². The molecule has 2 heterocycles. The van der Waals surface area contributed by atoms with Crippen molar-refractivity contribution in [3.05, 3.63) is 77.0 Å². The number of hydrogen-bond donors (Lipinski definition) is 3. The molecule has 3 aromatic rings. The van der Waals surface area contributed by atoms with E-state index in [2.05, 4.69) is 15.5 Å². The molecular formula is C24H19F6N5O3S. The van der Waals surface area contributed by atoms with Crippen LogP contribution in [0.5, 0.6) is 0 Å². The van der Waals surface area contributed by atoms with Crippen LogP contribution in [0.3, 0.4) is 0 Å². The van der Waals surface area contributed by atoms with Crippen molar-refractivity contribution in [2.75, 3.05) is 9.62 Å². The third-order valence-corrected chi connectivity index (χ3v) is 8.55. The fraction of sp³-hybridized carbons (Fsp3) is 0.250. The Labute approximate surface area is 217 Å². The molecule has 5 rings (SSSR count). The molecule has 0 spiro atoms. The minimum atomic E-state index is -4.77. The number of benzene rings is 2. The van der Waals surface area contributed by atoms with Crippen molar-refractivity contribution >= 4 is 33.1 Å². The number of fused-ring (bicyclic) bond motifs is 2. The van der Waals surface area contributed by atoms with E-state index in [1.165, 1.54) is 18.2 Å². The summed E-state index contributed by atoms with van der Waals surface area (Å²) in [6, 6.07) is 10.2. The summed E-state index contributed by atoms with van der Waals surface area (Å²) < 4.78 is 109. The van der Waals surface area contributed by atoms with E-state index in [9.17, 15) is 40.0 Å². The van der Waals surface area contributed by atoms with Crippen LogP contribution in [0.1, 0.15) is 35.2 Å². The molecule has 1 saturated carbocycles. The van der Waals surface area contributed by atoms with E-state index in [-0.39, 0.29) is 51.6 Å². The zero-order chi connectivity index (χ0) is 28.4. The first kappa shape index (κ1) is 26.6. The average Bonchev–Trinajstić information content (AvgIpc) is 3.70. The first-order chi connectivity index (χ1) is 18.2. The van der Waals surface area contributed by atoms with Gasteiger partial charge in [0.05, 0.1) is 28.2 Å². The van der Waals surface area contributed by atoms with Crippen LogP contribution < -0.4 is 15.4 Å². The Balaban J connectivity index is 1.65. The van der Waals surface area contributed by atoms with Crippen LogP contribution in [0.15, 0.2) is 64.6 Å². The number of oxime groups is 1. The van der Waals surface area contributed by atoms with Gasteiger partial charge in [-0.15, -0.1) is 0 Å². The van der Waals surface area contributed by atoms with Gasteiger partial charge >= 0.3 is 12.4 Å². The Kier molecular flexibility index (Phi) is 5.97. The quantitative estimate of drug-likeness (QED) is 0.130. The van der Waals surface area contributed by atoms with Gasteiger partial charge in [0.25, 0.3) is 10.0 Å². The molecule has 2 aliphatic rings. The third-order valence-electron chi connectivity index (χ3n) is 6.79. The van der Waals surface area contributed by atoms with E-state index >= 15 is 0 Å². The molecule has 1 aliphatic heterocycles. The number of nitrogens with zero attached hydrogens (tertiary/aromatic N) is 3. The lowest BCUT2D eigenvalue weighted by Gasteiger charge is -2.27. The van der Waals surface area contributed by atoms with Crippen LogP contribution in [0.4, 0.5) is 43.5 Å². The van der Waals surface area contributed by atoms with Gasteiger partial charge < -0.3 is 16.3 Å². The van der Waals surface area contributed by atoms with Crippen LogP contribution in [0.25, 0.3) is 0 Å². The summed E-state index contributed by atoms with van der Waals surface area (Å²) in [6.07, 6.45) is -9.49. The van der Waals surface area contributed by atoms with Crippen LogP contribution in [0, 0.1) is 0 Å². The summed E-state index contributed by atoms with van der Waals surface area (Å²) in [5, 5.41) is 14.9. The van der Waals surface area contributed by atoms with Crippen molar-refractivity contribution in [2.45, 2.75) is 42.0 Å². The number of pyridine rings is 1. The standard InChI is InChI=1S/C24H19F6N5O3S/c25-23(26,27)18-9-4-13-12-35(19-16(20(31)34-36)2-1-3-17(19)32-21(13)33-18)39(37,38)15-7-5-14(6-8-15)22(10-11-22)24(28,29)30/h1-9,36H,10-12H2,(H2,31,34)(H,32,33). The molecule has 1 aromatic heterocycles. The topological polar surface area (TPSA) is 121 Å². The number of nitrogens with one attached hydrogen (secondary N) is 1. The maximum atomic E-state index is 13.9. The van der Waals surface area contributed by atoms with Crippen molar-refractivity contribution in [1.29, 1.82) is 0 Å². The molecule has 0 unspecified atom stereocenters. The zero-order valence-corrected chi connectivity index (χ0v) is 20.5. The Morgan fingerprint density at radius 2 is 1.69 bits per heavy atom. The maximum Gasteiger partial charge on any atom is 0.433 e. The number of halogens is 6. The van der Waals surface area contributed by atoms with E-state index in [1.54, 1.807) is 0 Å². The number of para-hydroxylation sites is 1. The first-order valence-corrected chi connectivity index (χ1v) is 12.8. The lowest BCUT2D eigenvalue weighted by molar-refractivity contribution is -0.160. The molecule has 2 aromatic carbocycles. The highest BCUT2D eigenvalue weighted by atomic mass is 32.2. The van der Waals surface area contributed by atoms with Crippen LogP contribution in [-0.2, 0) is 28.2 Å². The number of anilines is 3. The van der Waals surface area contributed by atoms with E-state index < -0.39 is 45.9 Å². The monoisotopic (exact) mass is 571 g/mol. The molecular weight excluding hydrogens is 552 g/mol. The van der Waals surface area contributed by atoms with Crippen molar-refractivity contribution in [2.24, 2.45) is 10.9 Å². The summed E-state index contributed by atoms with van der Waals surface area (Å²) in [5.41, 5.74) is 2.32. The SMILES string of the molecule is N/C(=N\O)c1cccc2c1N(S(=O)(=O)c1ccc(C3(C(F)(F)F)CC3)cc1)Cc1ccc(C(F)(F)F)nc1N2. The molecule has 0 amide bonds. The molecule has 4 N–H and O–H groups in total. The van der Waals surface area contributed by atoms with Crippen molar-refractivity contribution < 1.29 is 40.0 Å². The molecule has 1 fully saturated rings. The number of nitrogens with two attached hydrogens (primary N) is 1.